The summed E-state index contributed by atoms with van der Waals surface area (Å²) in [5.41, 5.74) is 4.29. The third-order valence-electron chi connectivity index (χ3n) is 4.30. The van der Waals surface area contributed by atoms with E-state index in [1.54, 1.807) is 0 Å². The monoisotopic (exact) mass is 409 g/mol. The van der Waals surface area contributed by atoms with Crippen molar-refractivity contribution >= 4 is 27.5 Å². The van der Waals surface area contributed by atoms with E-state index in [9.17, 15) is 4.79 Å². The number of amides is 1. The van der Waals surface area contributed by atoms with Gasteiger partial charge in [0.2, 0.25) is 0 Å². The first-order chi connectivity index (χ1) is 12.6. The molecule has 132 valence electrons. The van der Waals surface area contributed by atoms with Crippen LogP contribution < -0.4 is 10.6 Å². The van der Waals surface area contributed by atoms with Crippen LogP contribution in [0.2, 0.25) is 0 Å². The van der Waals surface area contributed by atoms with Crippen LogP contribution in [0.5, 0.6) is 0 Å². The van der Waals surface area contributed by atoms with Gasteiger partial charge in [0, 0.05) is 21.3 Å². The van der Waals surface area contributed by atoms with Crippen molar-refractivity contribution in [3.05, 3.63) is 100 Å². The Kier molecular flexibility index (Phi) is 6.21. The average Bonchev–Trinajstić information content (AvgIpc) is 2.67. The number of hydrogen-bond acceptors (Lipinski definition) is 1. The van der Waals surface area contributed by atoms with Gasteiger partial charge in [0.25, 0.3) is 5.91 Å². The number of benzene rings is 3. The third kappa shape index (κ3) is 4.81. The Morgan fingerprint density at radius 2 is 1.54 bits per heavy atom. The van der Waals surface area contributed by atoms with E-state index in [2.05, 4.69) is 50.8 Å². The van der Waals surface area contributed by atoms with Crippen LogP contribution in [0, 0.1) is 6.92 Å². The molecule has 1 amide bonds. The minimum Gasteiger partial charge on any atom is -0.328 e. The van der Waals surface area contributed by atoms with E-state index in [0.717, 1.165) is 15.7 Å². The highest BCUT2D eigenvalue weighted by Crippen LogP contribution is 2.20. The van der Waals surface area contributed by atoms with Gasteiger partial charge in [-0.25, -0.2) is 0 Å². The van der Waals surface area contributed by atoms with E-state index in [-0.39, 0.29) is 11.9 Å². The van der Waals surface area contributed by atoms with Crippen LogP contribution in [0.1, 0.15) is 22.7 Å². The first-order valence-corrected chi connectivity index (χ1v) is 9.42. The molecule has 3 aromatic rings. The van der Waals surface area contributed by atoms with Gasteiger partial charge in [-0.2, -0.15) is 0 Å². The van der Waals surface area contributed by atoms with E-state index >= 15 is 0 Å². The average molecular weight is 410 g/mol. The molecule has 0 radical (unpaired) electrons. The van der Waals surface area contributed by atoms with E-state index in [1.807, 2.05) is 61.5 Å². The van der Waals surface area contributed by atoms with Gasteiger partial charge in [0.15, 0.2) is 6.54 Å². The Morgan fingerprint density at radius 1 is 0.962 bits per heavy atom. The van der Waals surface area contributed by atoms with E-state index < -0.39 is 0 Å². The van der Waals surface area contributed by atoms with Crippen molar-refractivity contribution < 1.29 is 10.1 Å². The maximum atomic E-state index is 12.4. The molecule has 0 unspecified atom stereocenters. The summed E-state index contributed by atoms with van der Waals surface area (Å²) >= 11 is 3.48. The predicted molar refractivity (Wildman–Crippen MR) is 109 cm³/mol. The SMILES string of the molecule is Cc1cc(NC(=O)C[NH2+]C(c2ccccc2)c2ccccc2)ccc1Br. The van der Waals surface area contributed by atoms with Crippen molar-refractivity contribution in [2.24, 2.45) is 0 Å². The van der Waals surface area contributed by atoms with Gasteiger partial charge >= 0.3 is 0 Å². The van der Waals surface area contributed by atoms with Gasteiger partial charge in [0.05, 0.1) is 0 Å². The number of quaternary nitrogens is 1. The highest BCUT2D eigenvalue weighted by Gasteiger charge is 2.18. The van der Waals surface area contributed by atoms with Gasteiger partial charge in [0.1, 0.15) is 6.04 Å². The van der Waals surface area contributed by atoms with Crippen LogP contribution in [0.25, 0.3) is 0 Å². The molecule has 0 atom stereocenters. The Labute approximate surface area is 162 Å². The number of carbonyl (C=O) groups is 1. The maximum Gasteiger partial charge on any atom is 0.279 e. The first kappa shape index (κ1) is 18.4. The lowest BCUT2D eigenvalue weighted by Crippen LogP contribution is -2.87. The van der Waals surface area contributed by atoms with Gasteiger partial charge in [-0.1, -0.05) is 76.6 Å². The zero-order valence-corrected chi connectivity index (χ0v) is 16.2. The highest BCUT2D eigenvalue weighted by molar-refractivity contribution is 9.10. The molecule has 0 fully saturated rings. The molecule has 0 heterocycles. The van der Waals surface area contributed by atoms with E-state index in [0.29, 0.717) is 6.54 Å². The zero-order valence-electron chi connectivity index (χ0n) is 14.7. The summed E-state index contributed by atoms with van der Waals surface area (Å²) in [5, 5.41) is 5.05. The Bertz CT molecular complexity index is 826. The minimum atomic E-state index is -0.0106. The largest absolute Gasteiger partial charge is 0.328 e. The van der Waals surface area contributed by atoms with Crippen molar-refractivity contribution in [1.82, 2.24) is 0 Å². The van der Waals surface area contributed by atoms with Crippen molar-refractivity contribution in [2.45, 2.75) is 13.0 Å². The van der Waals surface area contributed by atoms with Crippen LogP contribution in [-0.2, 0) is 4.79 Å². The molecule has 0 aliphatic rings. The lowest BCUT2D eigenvalue weighted by atomic mass is 9.99. The highest BCUT2D eigenvalue weighted by atomic mass is 79.9. The van der Waals surface area contributed by atoms with Crippen LogP contribution >= 0.6 is 15.9 Å². The normalized spacial score (nSPS) is 10.7. The number of nitrogens with one attached hydrogen (secondary N) is 1. The molecule has 4 heteroatoms. The number of hydrogen-bond donors (Lipinski definition) is 2. The predicted octanol–water partition coefficient (Wildman–Crippen LogP) is 4.05. The van der Waals surface area contributed by atoms with E-state index in [1.165, 1.54) is 11.1 Å². The second-order valence-electron chi connectivity index (χ2n) is 6.25. The summed E-state index contributed by atoms with van der Waals surface area (Å²) < 4.78 is 1.04. The van der Waals surface area contributed by atoms with Crippen molar-refractivity contribution in [3.63, 3.8) is 0 Å². The second kappa shape index (κ2) is 8.79. The fourth-order valence-corrected chi connectivity index (χ4v) is 3.19. The molecule has 3 aromatic carbocycles. The van der Waals surface area contributed by atoms with Gasteiger partial charge in [-0.05, 0) is 30.7 Å². The summed E-state index contributed by atoms with van der Waals surface area (Å²) in [6.07, 6.45) is 0. The molecular weight excluding hydrogens is 388 g/mol. The fourth-order valence-electron chi connectivity index (χ4n) is 2.94. The van der Waals surface area contributed by atoms with Gasteiger partial charge in [-0.3, -0.25) is 4.79 Å². The number of halogens is 1. The zero-order chi connectivity index (χ0) is 18.4. The molecule has 3 nitrogen and oxygen atoms in total. The van der Waals surface area contributed by atoms with Crippen LogP contribution in [0.3, 0.4) is 0 Å². The lowest BCUT2D eigenvalue weighted by Gasteiger charge is -2.16. The summed E-state index contributed by atoms with van der Waals surface area (Å²) in [5.74, 6) is -0.0106. The molecule has 3 rings (SSSR count). The van der Waals surface area contributed by atoms with Gasteiger partial charge in [-0.15, -0.1) is 0 Å². The Morgan fingerprint density at radius 3 is 2.08 bits per heavy atom. The molecule has 26 heavy (non-hydrogen) atoms. The Balaban J connectivity index is 1.69. The molecule has 0 saturated carbocycles. The summed E-state index contributed by atoms with van der Waals surface area (Å²) in [6, 6.07) is 26.5. The number of aryl methyl sites for hydroxylation is 1. The minimum absolute atomic E-state index is 0.0106. The number of rotatable bonds is 6. The number of nitrogens with two attached hydrogens (primary N) is 1. The van der Waals surface area contributed by atoms with Gasteiger partial charge < -0.3 is 10.6 Å². The molecule has 0 bridgehead atoms. The van der Waals surface area contributed by atoms with Crippen LogP contribution in [0.4, 0.5) is 5.69 Å². The molecule has 0 aliphatic heterocycles. The summed E-state index contributed by atoms with van der Waals surface area (Å²) in [4.78, 5) is 12.4. The first-order valence-electron chi connectivity index (χ1n) is 8.62. The van der Waals surface area contributed by atoms with Crippen LogP contribution in [-0.4, -0.2) is 12.5 Å². The third-order valence-corrected chi connectivity index (χ3v) is 5.19. The molecule has 0 spiro atoms. The topological polar surface area (TPSA) is 45.7 Å². The van der Waals surface area contributed by atoms with Crippen molar-refractivity contribution in [3.8, 4) is 0 Å². The maximum absolute atomic E-state index is 12.4. The smallest absolute Gasteiger partial charge is 0.279 e. The molecular formula is C22H22BrN2O+. The fraction of sp³-hybridized carbons (Fsp3) is 0.136. The molecule has 0 aromatic heterocycles. The summed E-state index contributed by atoms with van der Waals surface area (Å²) in [6.45, 7) is 2.36. The molecule has 0 saturated heterocycles. The lowest BCUT2D eigenvalue weighted by molar-refractivity contribution is -0.676. The quantitative estimate of drug-likeness (QED) is 0.633. The van der Waals surface area contributed by atoms with Crippen molar-refractivity contribution in [2.75, 3.05) is 11.9 Å². The standard InChI is InChI=1S/C22H21BrN2O/c1-16-14-19(12-13-20(16)23)25-21(26)15-24-22(17-8-4-2-5-9-17)18-10-6-3-7-11-18/h2-14,22,24H,15H2,1H3,(H,25,26)/p+1. The second-order valence-corrected chi connectivity index (χ2v) is 7.11. The van der Waals surface area contributed by atoms with E-state index in [4.69, 9.17) is 0 Å². The summed E-state index contributed by atoms with van der Waals surface area (Å²) in [7, 11) is 0. The number of anilines is 1. The molecule has 3 N–H and O–H groups in total. The molecule has 0 aliphatic carbocycles. The van der Waals surface area contributed by atoms with Crippen molar-refractivity contribution in [1.29, 1.82) is 0 Å². The Hall–Kier alpha value is -2.43. The van der Waals surface area contributed by atoms with Crippen LogP contribution in [0.15, 0.2) is 83.3 Å². The number of carbonyl (C=O) groups excluding carboxylic acids is 1.